The zero-order valence-corrected chi connectivity index (χ0v) is 21.3. The van der Waals surface area contributed by atoms with Gasteiger partial charge in [0.1, 0.15) is 11.4 Å². The summed E-state index contributed by atoms with van der Waals surface area (Å²) in [6, 6.07) is 21.6. The first-order valence-corrected chi connectivity index (χ1v) is 11.7. The van der Waals surface area contributed by atoms with Crippen molar-refractivity contribution in [2.45, 2.75) is 6.92 Å². The van der Waals surface area contributed by atoms with Crippen LogP contribution in [0.1, 0.15) is 28.4 Å². The third-order valence-corrected chi connectivity index (χ3v) is 5.58. The van der Waals surface area contributed by atoms with Crippen LogP contribution >= 0.6 is 31.9 Å². The van der Waals surface area contributed by atoms with Gasteiger partial charge in [-0.3, -0.25) is 9.59 Å². The molecule has 2 amide bonds. The van der Waals surface area contributed by atoms with Gasteiger partial charge in [-0.05, 0) is 64.3 Å². The van der Waals surface area contributed by atoms with Gasteiger partial charge in [0.25, 0.3) is 11.8 Å². The Morgan fingerprint density at radius 3 is 2.29 bits per heavy atom. The minimum absolute atomic E-state index is 0.0176. The van der Waals surface area contributed by atoms with E-state index >= 15 is 0 Å². The molecule has 3 aromatic rings. The zero-order chi connectivity index (χ0) is 24.5. The van der Waals surface area contributed by atoms with E-state index in [9.17, 15) is 14.7 Å². The number of rotatable bonds is 7. The molecule has 3 rings (SSSR count). The lowest BCUT2D eigenvalue weighted by molar-refractivity contribution is -0.117. The number of carbonyl (C=O) groups excluding carboxylic acids is 2. The van der Waals surface area contributed by atoms with E-state index in [1.807, 2.05) is 43.3 Å². The Hall–Kier alpha value is -3.49. The van der Waals surface area contributed by atoms with Crippen LogP contribution in [-0.4, -0.2) is 23.1 Å². The molecule has 0 aliphatic rings. The van der Waals surface area contributed by atoms with Gasteiger partial charge in [0.05, 0.1) is 10.7 Å². The number of benzene rings is 3. The van der Waals surface area contributed by atoms with Crippen LogP contribution in [0.25, 0.3) is 6.08 Å². The number of phenols is 1. The quantitative estimate of drug-likeness (QED) is 0.143. The van der Waals surface area contributed by atoms with Gasteiger partial charge in [-0.25, -0.2) is 5.43 Å². The number of aromatic hydroxyl groups is 1. The number of hydrogen-bond acceptors (Lipinski definition) is 4. The van der Waals surface area contributed by atoms with Crippen molar-refractivity contribution in [3.8, 4) is 5.75 Å². The van der Waals surface area contributed by atoms with Gasteiger partial charge in [-0.15, -0.1) is 0 Å². The molecular formula is C26H21Br2N3O3. The Morgan fingerprint density at radius 1 is 0.971 bits per heavy atom. The number of halogens is 2. The van der Waals surface area contributed by atoms with E-state index in [1.165, 1.54) is 6.21 Å². The van der Waals surface area contributed by atoms with Crippen molar-refractivity contribution in [2.75, 3.05) is 0 Å². The second-order valence-corrected chi connectivity index (χ2v) is 8.97. The summed E-state index contributed by atoms with van der Waals surface area (Å²) >= 11 is 6.59. The summed E-state index contributed by atoms with van der Waals surface area (Å²) in [5, 5.41) is 16.8. The molecule has 3 aromatic carbocycles. The van der Waals surface area contributed by atoms with Crippen molar-refractivity contribution < 1.29 is 14.7 Å². The molecule has 3 N–H and O–H groups in total. The van der Waals surface area contributed by atoms with Crippen LogP contribution in [0.15, 0.2) is 104 Å². The number of amides is 2. The third-order valence-electron chi connectivity index (χ3n) is 4.52. The summed E-state index contributed by atoms with van der Waals surface area (Å²) in [6.07, 6.45) is 4.78. The molecule has 6 nitrogen and oxygen atoms in total. The van der Waals surface area contributed by atoms with Crippen LogP contribution in [0.5, 0.6) is 5.75 Å². The highest BCUT2D eigenvalue weighted by Gasteiger charge is 2.14. The average molecular weight is 583 g/mol. The number of carbonyl (C=O) groups is 2. The Morgan fingerprint density at radius 2 is 1.62 bits per heavy atom. The second-order valence-electron chi connectivity index (χ2n) is 7.20. The van der Waals surface area contributed by atoms with Gasteiger partial charge < -0.3 is 10.4 Å². The summed E-state index contributed by atoms with van der Waals surface area (Å²) in [6.45, 7) is 1.83. The van der Waals surface area contributed by atoms with E-state index in [1.54, 1.807) is 48.5 Å². The molecule has 0 spiro atoms. The van der Waals surface area contributed by atoms with Crippen molar-refractivity contribution in [3.05, 3.63) is 116 Å². The SMILES string of the molecule is CC(/C=C(\NC(=O)c1ccccc1)C(=O)N/N=C\c1cc(Br)cc(Br)c1O)=C\c1ccccc1. The Bertz CT molecular complexity index is 1270. The highest BCUT2D eigenvalue weighted by Crippen LogP contribution is 2.30. The second kappa shape index (κ2) is 12.1. The van der Waals surface area contributed by atoms with Crippen LogP contribution < -0.4 is 10.7 Å². The maximum absolute atomic E-state index is 12.9. The molecule has 0 unspecified atom stereocenters. The largest absolute Gasteiger partial charge is 0.506 e. The van der Waals surface area contributed by atoms with Crippen LogP contribution in [0.4, 0.5) is 0 Å². The van der Waals surface area contributed by atoms with E-state index in [0.29, 0.717) is 15.6 Å². The standard InChI is InChI=1S/C26H21Br2N3O3/c1-17(12-18-8-4-2-5-9-18)13-23(30-25(33)19-10-6-3-7-11-19)26(34)31-29-16-20-14-21(27)15-22(28)24(20)32/h2-16,32H,1H3,(H,30,33)(H,31,34)/b17-12+,23-13-,29-16-. The number of allylic oxidation sites excluding steroid dienone is 2. The van der Waals surface area contributed by atoms with Gasteiger partial charge >= 0.3 is 0 Å². The van der Waals surface area contributed by atoms with Crippen LogP contribution in [-0.2, 0) is 4.79 Å². The first-order valence-electron chi connectivity index (χ1n) is 10.2. The molecule has 8 heteroatoms. The lowest BCUT2D eigenvalue weighted by Gasteiger charge is -2.09. The number of nitrogens with zero attached hydrogens (tertiary/aromatic N) is 1. The summed E-state index contributed by atoms with van der Waals surface area (Å²) < 4.78 is 1.20. The van der Waals surface area contributed by atoms with Gasteiger partial charge in [0.15, 0.2) is 0 Å². The third kappa shape index (κ3) is 7.26. The lowest BCUT2D eigenvalue weighted by atomic mass is 10.1. The number of phenolic OH excluding ortho intramolecular Hbond substituents is 1. The summed E-state index contributed by atoms with van der Waals surface area (Å²) in [7, 11) is 0. The molecule has 0 radical (unpaired) electrons. The van der Waals surface area contributed by atoms with Gasteiger partial charge in [-0.2, -0.15) is 5.10 Å². The molecule has 0 saturated carbocycles. The summed E-state index contributed by atoms with van der Waals surface area (Å²) in [4.78, 5) is 25.6. The molecule has 0 atom stereocenters. The van der Waals surface area contributed by atoms with E-state index in [0.717, 1.165) is 15.6 Å². The Balaban J connectivity index is 1.84. The van der Waals surface area contributed by atoms with Crippen molar-refractivity contribution in [2.24, 2.45) is 5.10 Å². The first-order chi connectivity index (χ1) is 16.3. The maximum atomic E-state index is 12.9. The Labute approximate surface area is 214 Å². The fourth-order valence-electron chi connectivity index (χ4n) is 2.93. The van der Waals surface area contributed by atoms with Gasteiger partial charge in [-0.1, -0.05) is 70.5 Å². The number of hydrazone groups is 1. The lowest BCUT2D eigenvalue weighted by Crippen LogP contribution is -2.33. The maximum Gasteiger partial charge on any atom is 0.287 e. The first kappa shape index (κ1) is 25.1. The summed E-state index contributed by atoms with van der Waals surface area (Å²) in [5.74, 6) is -1.06. The summed E-state index contributed by atoms with van der Waals surface area (Å²) in [5.41, 5.74) is 4.94. The van der Waals surface area contributed by atoms with Crippen molar-refractivity contribution in [1.29, 1.82) is 0 Å². The molecule has 0 aliphatic carbocycles. The highest BCUT2D eigenvalue weighted by molar-refractivity contribution is 9.11. The van der Waals surface area contributed by atoms with Crippen molar-refractivity contribution in [3.63, 3.8) is 0 Å². The molecular weight excluding hydrogens is 562 g/mol. The molecule has 0 aliphatic heterocycles. The molecule has 0 saturated heterocycles. The van der Waals surface area contributed by atoms with E-state index in [4.69, 9.17) is 0 Å². The minimum atomic E-state index is -0.616. The molecule has 0 aromatic heterocycles. The molecule has 172 valence electrons. The normalized spacial score (nSPS) is 12.0. The number of hydrogen-bond donors (Lipinski definition) is 3. The predicted octanol–water partition coefficient (Wildman–Crippen LogP) is 5.78. The van der Waals surface area contributed by atoms with Crippen LogP contribution in [0.3, 0.4) is 0 Å². The predicted molar refractivity (Wildman–Crippen MR) is 141 cm³/mol. The monoisotopic (exact) mass is 581 g/mol. The molecule has 0 fully saturated rings. The molecule has 0 heterocycles. The topological polar surface area (TPSA) is 90.8 Å². The van der Waals surface area contributed by atoms with Gasteiger partial charge in [0, 0.05) is 15.6 Å². The smallest absolute Gasteiger partial charge is 0.287 e. The van der Waals surface area contributed by atoms with Gasteiger partial charge in [0.2, 0.25) is 0 Å². The molecule has 34 heavy (non-hydrogen) atoms. The van der Waals surface area contributed by atoms with Crippen LogP contribution in [0, 0.1) is 0 Å². The fraction of sp³-hybridized carbons (Fsp3) is 0.0385. The highest BCUT2D eigenvalue weighted by atomic mass is 79.9. The fourth-order valence-corrected chi connectivity index (χ4v) is 4.19. The van der Waals surface area contributed by atoms with Crippen molar-refractivity contribution in [1.82, 2.24) is 10.7 Å². The number of nitrogens with one attached hydrogen (secondary N) is 2. The van der Waals surface area contributed by atoms with E-state index in [2.05, 4.69) is 47.7 Å². The van der Waals surface area contributed by atoms with E-state index in [-0.39, 0.29) is 11.4 Å². The average Bonchev–Trinajstić information content (AvgIpc) is 2.82. The van der Waals surface area contributed by atoms with Crippen molar-refractivity contribution >= 4 is 56.0 Å². The minimum Gasteiger partial charge on any atom is -0.506 e. The molecule has 0 bridgehead atoms. The van der Waals surface area contributed by atoms with Crippen LogP contribution in [0.2, 0.25) is 0 Å². The zero-order valence-electron chi connectivity index (χ0n) is 18.1. The Kier molecular flexibility index (Phi) is 8.95. The van der Waals surface area contributed by atoms with E-state index < -0.39 is 11.8 Å².